The van der Waals surface area contributed by atoms with Gasteiger partial charge in [0, 0.05) is 0 Å². The first-order chi connectivity index (χ1) is 10.5. The molecule has 22 heavy (non-hydrogen) atoms. The van der Waals surface area contributed by atoms with Crippen molar-refractivity contribution in [1.82, 2.24) is 0 Å². The van der Waals surface area contributed by atoms with Crippen molar-refractivity contribution in [2.75, 3.05) is 14.2 Å². The molecule has 0 saturated heterocycles. The van der Waals surface area contributed by atoms with Crippen molar-refractivity contribution in [3.05, 3.63) is 52.5 Å². The van der Waals surface area contributed by atoms with Gasteiger partial charge in [0.15, 0.2) is 0 Å². The molecule has 2 aromatic rings. The summed E-state index contributed by atoms with van der Waals surface area (Å²) in [5.41, 5.74) is 1.63. The van der Waals surface area contributed by atoms with E-state index in [4.69, 9.17) is 21.4 Å². The van der Waals surface area contributed by atoms with Gasteiger partial charge < -0.3 is 14.6 Å². The molecule has 0 atom stereocenters. The van der Waals surface area contributed by atoms with Crippen LogP contribution in [0, 0.1) is 0 Å². The second-order valence-corrected chi connectivity index (χ2v) is 4.85. The average Bonchev–Trinajstić information content (AvgIpc) is 2.53. The van der Waals surface area contributed by atoms with E-state index >= 15 is 0 Å². The third-order valence-electron chi connectivity index (χ3n) is 3.10. The third-order valence-corrected chi connectivity index (χ3v) is 3.41. The van der Waals surface area contributed by atoms with Gasteiger partial charge in [-0.1, -0.05) is 17.7 Å². The zero-order valence-electron chi connectivity index (χ0n) is 11.9. The molecule has 0 aromatic heterocycles. The predicted octanol–water partition coefficient (Wildman–Crippen LogP) is 3.50. The van der Waals surface area contributed by atoms with E-state index in [0.717, 1.165) is 0 Å². The largest absolute Gasteiger partial charge is 0.497 e. The fourth-order valence-corrected chi connectivity index (χ4v) is 2.23. The Morgan fingerprint density at radius 1 is 1.05 bits per heavy atom. The molecule has 6 heteroatoms. The Morgan fingerprint density at radius 3 is 2.32 bits per heavy atom. The van der Waals surface area contributed by atoms with Crippen LogP contribution in [0.4, 0.5) is 0 Å². The Balaban J connectivity index is 2.52. The van der Waals surface area contributed by atoms with E-state index in [1.807, 2.05) is 0 Å². The predicted molar refractivity (Wildman–Crippen MR) is 81.7 cm³/mol. The molecule has 0 aliphatic rings. The number of methoxy groups -OCH3 is 2. The number of carboxylic acid groups (broad SMARTS) is 1. The molecule has 0 bridgehead atoms. The van der Waals surface area contributed by atoms with Crippen LogP contribution in [0.15, 0.2) is 36.4 Å². The lowest BCUT2D eigenvalue weighted by atomic mass is 10.0. The van der Waals surface area contributed by atoms with E-state index in [0.29, 0.717) is 16.9 Å². The highest BCUT2D eigenvalue weighted by atomic mass is 35.5. The van der Waals surface area contributed by atoms with Gasteiger partial charge in [0.25, 0.3) is 0 Å². The molecule has 0 radical (unpaired) electrons. The van der Waals surface area contributed by atoms with E-state index in [1.54, 1.807) is 18.2 Å². The summed E-state index contributed by atoms with van der Waals surface area (Å²) >= 11 is 6.08. The lowest BCUT2D eigenvalue weighted by molar-refractivity contribution is 0.0600. The van der Waals surface area contributed by atoms with Crippen molar-refractivity contribution in [2.24, 2.45) is 0 Å². The molecule has 0 amide bonds. The molecule has 0 saturated carbocycles. The zero-order chi connectivity index (χ0) is 16.3. The molecule has 0 unspecified atom stereocenters. The van der Waals surface area contributed by atoms with Crippen LogP contribution in [-0.4, -0.2) is 31.3 Å². The summed E-state index contributed by atoms with van der Waals surface area (Å²) in [4.78, 5) is 22.7. The van der Waals surface area contributed by atoms with E-state index in [2.05, 4.69) is 4.74 Å². The van der Waals surface area contributed by atoms with Crippen LogP contribution in [0.3, 0.4) is 0 Å². The van der Waals surface area contributed by atoms with Crippen LogP contribution in [-0.2, 0) is 4.74 Å². The minimum absolute atomic E-state index is 0.0996. The summed E-state index contributed by atoms with van der Waals surface area (Å²) in [6.45, 7) is 0. The number of hydrogen-bond donors (Lipinski definition) is 1. The van der Waals surface area contributed by atoms with E-state index in [1.165, 1.54) is 32.4 Å². The van der Waals surface area contributed by atoms with Crippen LogP contribution in [0.5, 0.6) is 5.75 Å². The first-order valence-electron chi connectivity index (χ1n) is 6.27. The van der Waals surface area contributed by atoms with Gasteiger partial charge in [0.05, 0.1) is 30.4 Å². The fraction of sp³-hybridized carbons (Fsp3) is 0.125. The number of esters is 1. The van der Waals surface area contributed by atoms with Crippen LogP contribution in [0.1, 0.15) is 20.7 Å². The molecule has 0 aliphatic carbocycles. The Morgan fingerprint density at radius 2 is 1.77 bits per heavy atom. The second kappa shape index (κ2) is 6.49. The summed E-state index contributed by atoms with van der Waals surface area (Å²) in [5, 5.41) is 9.36. The van der Waals surface area contributed by atoms with Gasteiger partial charge in [-0.05, 0) is 41.5 Å². The molecule has 0 aliphatic heterocycles. The molecule has 2 aromatic carbocycles. The topological polar surface area (TPSA) is 72.8 Å². The van der Waals surface area contributed by atoms with Crippen LogP contribution < -0.4 is 4.74 Å². The van der Waals surface area contributed by atoms with Crippen molar-refractivity contribution in [3.63, 3.8) is 0 Å². The summed E-state index contributed by atoms with van der Waals surface area (Å²) in [6, 6.07) is 9.40. The van der Waals surface area contributed by atoms with Crippen molar-refractivity contribution >= 4 is 23.5 Å². The van der Waals surface area contributed by atoms with Gasteiger partial charge in [0.2, 0.25) is 0 Å². The molecular weight excluding hydrogens is 308 g/mol. The molecule has 2 rings (SSSR count). The number of halogens is 1. The minimum atomic E-state index is -1.06. The molecule has 0 spiro atoms. The first-order valence-corrected chi connectivity index (χ1v) is 6.64. The van der Waals surface area contributed by atoms with Crippen molar-refractivity contribution in [3.8, 4) is 16.9 Å². The highest BCUT2D eigenvalue weighted by Crippen LogP contribution is 2.29. The van der Waals surface area contributed by atoms with Gasteiger partial charge in [0.1, 0.15) is 5.75 Å². The van der Waals surface area contributed by atoms with E-state index in [9.17, 15) is 9.59 Å². The number of ether oxygens (including phenoxy) is 2. The summed E-state index contributed by atoms with van der Waals surface area (Å²) in [7, 11) is 2.73. The number of hydrogen-bond acceptors (Lipinski definition) is 4. The highest BCUT2D eigenvalue weighted by Gasteiger charge is 2.13. The minimum Gasteiger partial charge on any atom is -0.497 e. The smallest absolute Gasteiger partial charge is 0.339 e. The van der Waals surface area contributed by atoms with E-state index < -0.39 is 11.9 Å². The van der Waals surface area contributed by atoms with Crippen molar-refractivity contribution in [2.45, 2.75) is 0 Å². The Hall–Kier alpha value is -2.53. The lowest BCUT2D eigenvalue weighted by Gasteiger charge is -2.09. The zero-order valence-corrected chi connectivity index (χ0v) is 12.7. The molecule has 1 N–H and O–H groups in total. The maximum Gasteiger partial charge on any atom is 0.339 e. The molecule has 114 valence electrons. The number of rotatable bonds is 4. The van der Waals surface area contributed by atoms with Crippen LogP contribution in [0.2, 0.25) is 5.02 Å². The standard InChI is InChI=1S/C16H13ClO5/c1-21-12-6-10(5-11(7-12)15(18)19)9-3-4-13(14(17)8-9)16(20)22-2/h3-8H,1-2H3,(H,18,19). The highest BCUT2D eigenvalue weighted by molar-refractivity contribution is 6.33. The summed E-state index contributed by atoms with van der Waals surface area (Å²) in [6.07, 6.45) is 0. The van der Waals surface area contributed by atoms with Gasteiger partial charge in [-0.2, -0.15) is 0 Å². The lowest BCUT2D eigenvalue weighted by Crippen LogP contribution is -2.02. The number of carbonyl (C=O) groups excluding carboxylic acids is 1. The van der Waals surface area contributed by atoms with Crippen molar-refractivity contribution < 1.29 is 24.2 Å². The fourth-order valence-electron chi connectivity index (χ4n) is 1.98. The van der Waals surface area contributed by atoms with Gasteiger partial charge in [-0.3, -0.25) is 0 Å². The van der Waals surface area contributed by atoms with Crippen molar-refractivity contribution in [1.29, 1.82) is 0 Å². The average molecular weight is 321 g/mol. The normalized spacial score (nSPS) is 10.1. The quantitative estimate of drug-likeness (QED) is 0.873. The monoisotopic (exact) mass is 320 g/mol. The van der Waals surface area contributed by atoms with E-state index in [-0.39, 0.29) is 16.1 Å². The van der Waals surface area contributed by atoms with Gasteiger partial charge in [-0.25, -0.2) is 9.59 Å². The molecule has 5 nitrogen and oxygen atoms in total. The number of carbonyl (C=O) groups is 2. The number of aromatic carboxylic acids is 1. The first kappa shape index (κ1) is 15.9. The molecular formula is C16H13ClO5. The van der Waals surface area contributed by atoms with Crippen LogP contribution >= 0.6 is 11.6 Å². The van der Waals surface area contributed by atoms with Gasteiger partial charge in [-0.15, -0.1) is 0 Å². The maximum atomic E-state index is 11.5. The Kier molecular flexibility index (Phi) is 4.68. The Labute approximate surface area is 132 Å². The second-order valence-electron chi connectivity index (χ2n) is 4.44. The third kappa shape index (κ3) is 3.20. The van der Waals surface area contributed by atoms with Gasteiger partial charge >= 0.3 is 11.9 Å². The molecule has 0 fully saturated rings. The SMILES string of the molecule is COC(=O)c1ccc(-c2cc(OC)cc(C(=O)O)c2)cc1Cl. The number of carboxylic acids is 1. The maximum absolute atomic E-state index is 11.5. The Bertz CT molecular complexity index is 739. The summed E-state index contributed by atoms with van der Waals surface area (Å²) in [5.74, 6) is -1.17. The number of benzene rings is 2. The summed E-state index contributed by atoms with van der Waals surface area (Å²) < 4.78 is 9.73. The molecule has 0 heterocycles. The van der Waals surface area contributed by atoms with Crippen LogP contribution in [0.25, 0.3) is 11.1 Å².